The summed E-state index contributed by atoms with van der Waals surface area (Å²) < 4.78 is 0. The molecule has 3 N–H and O–H groups in total. The first-order valence-electron chi connectivity index (χ1n) is 7.95. The van der Waals surface area contributed by atoms with E-state index < -0.39 is 5.97 Å². The molecule has 0 aliphatic heterocycles. The summed E-state index contributed by atoms with van der Waals surface area (Å²) in [6, 6.07) is 0. The molecule has 0 heterocycles. The van der Waals surface area contributed by atoms with Crippen LogP contribution >= 0.6 is 0 Å². The van der Waals surface area contributed by atoms with Crippen LogP contribution in [0, 0.1) is 0 Å². The zero-order valence-electron chi connectivity index (χ0n) is 13.3. The lowest BCUT2D eigenvalue weighted by atomic mass is 10.1. The van der Waals surface area contributed by atoms with Crippen LogP contribution in [0.1, 0.15) is 84.5 Å². The zero-order valence-corrected chi connectivity index (χ0v) is 13.3. The van der Waals surface area contributed by atoms with Gasteiger partial charge in [-0.15, -0.1) is 0 Å². The highest BCUT2D eigenvalue weighted by Crippen LogP contribution is 2.09. The lowest BCUT2D eigenvalue weighted by Crippen LogP contribution is -2.00. The SMILES string of the molecule is CC(=O)CC(=O)O.CCCCCCCCCCCCN. The quantitative estimate of drug-likeness (QED) is 0.421. The van der Waals surface area contributed by atoms with Gasteiger partial charge in [-0.3, -0.25) is 9.59 Å². The number of unbranched alkanes of at least 4 members (excludes halogenated alkanes) is 9. The number of carboxylic acid groups (broad SMARTS) is 1. The van der Waals surface area contributed by atoms with Crippen molar-refractivity contribution in [1.29, 1.82) is 0 Å². The van der Waals surface area contributed by atoms with Gasteiger partial charge in [0.25, 0.3) is 0 Å². The molecule has 0 aliphatic carbocycles. The molecule has 4 heteroatoms. The van der Waals surface area contributed by atoms with Gasteiger partial charge in [-0.05, 0) is 19.9 Å². The van der Waals surface area contributed by atoms with E-state index >= 15 is 0 Å². The fraction of sp³-hybridized carbons (Fsp3) is 0.875. The maximum atomic E-state index is 9.87. The van der Waals surface area contributed by atoms with E-state index in [4.69, 9.17) is 10.8 Å². The van der Waals surface area contributed by atoms with Gasteiger partial charge in [0.15, 0.2) is 0 Å². The maximum Gasteiger partial charge on any atom is 0.310 e. The van der Waals surface area contributed by atoms with Crippen molar-refractivity contribution < 1.29 is 14.7 Å². The first-order valence-corrected chi connectivity index (χ1v) is 7.95. The van der Waals surface area contributed by atoms with E-state index in [9.17, 15) is 9.59 Å². The highest BCUT2D eigenvalue weighted by molar-refractivity contribution is 5.93. The van der Waals surface area contributed by atoms with Crippen LogP contribution in [0.5, 0.6) is 0 Å². The number of aliphatic carboxylic acids is 1. The first-order chi connectivity index (χ1) is 9.54. The monoisotopic (exact) mass is 287 g/mol. The number of nitrogens with two attached hydrogens (primary N) is 1. The Morgan fingerprint density at radius 2 is 1.25 bits per heavy atom. The van der Waals surface area contributed by atoms with E-state index in [0.29, 0.717) is 0 Å². The molecule has 20 heavy (non-hydrogen) atoms. The molecule has 0 fully saturated rings. The fourth-order valence-corrected chi connectivity index (χ4v) is 1.84. The molecule has 0 saturated carbocycles. The highest BCUT2D eigenvalue weighted by Gasteiger charge is 1.98. The largest absolute Gasteiger partial charge is 0.481 e. The summed E-state index contributed by atoms with van der Waals surface area (Å²) in [7, 11) is 0. The molecule has 0 spiro atoms. The van der Waals surface area contributed by atoms with Crippen molar-refractivity contribution in [2.24, 2.45) is 5.73 Å². The van der Waals surface area contributed by atoms with Crippen molar-refractivity contribution in [3.05, 3.63) is 0 Å². The molecule has 0 atom stereocenters. The number of carbonyl (C=O) groups is 2. The number of ketones is 1. The Kier molecular flexibility index (Phi) is 19.4. The number of carboxylic acids is 1. The van der Waals surface area contributed by atoms with Gasteiger partial charge in [0.05, 0.1) is 0 Å². The maximum absolute atomic E-state index is 9.87. The van der Waals surface area contributed by atoms with Gasteiger partial charge in [-0.25, -0.2) is 0 Å². The van der Waals surface area contributed by atoms with Crippen LogP contribution in [0.2, 0.25) is 0 Å². The smallest absolute Gasteiger partial charge is 0.310 e. The molecule has 0 rings (SSSR count). The molecular weight excluding hydrogens is 254 g/mol. The zero-order chi connectivity index (χ0) is 15.6. The van der Waals surface area contributed by atoms with Crippen LogP contribution in [0.3, 0.4) is 0 Å². The normalized spacial score (nSPS) is 9.75. The summed E-state index contributed by atoms with van der Waals surface area (Å²) in [5.74, 6) is -1.37. The summed E-state index contributed by atoms with van der Waals surface area (Å²) in [5, 5.41) is 7.86. The predicted octanol–water partition coefficient (Wildman–Crippen LogP) is 3.92. The van der Waals surface area contributed by atoms with E-state index in [1.54, 1.807) is 0 Å². The van der Waals surface area contributed by atoms with E-state index in [1.165, 1.54) is 71.1 Å². The van der Waals surface area contributed by atoms with Gasteiger partial charge >= 0.3 is 5.97 Å². The van der Waals surface area contributed by atoms with Gasteiger partial charge in [-0.1, -0.05) is 64.7 Å². The van der Waals surface area contributed by atoms with Crippen LogP contribution < -0.4 is 5.73 Å². The molecule has 0 aromatic rings. The van der Waals surface area contributed by atoms with Gasteiger partial charge < -0.3 is 10.8 Å². The topological polar surface area (TPSA) is 80.4 Å². The summed E-state index contributed by atoms with van der Waals surface area (Å²) in [6.45, 7) is 4.39. The minimum atomic E-state index is -1.06. The van der Waals surface area contributed by atoms with Crippen molar-refractivity contribution in [2.75, 3.05) is 6.54 Å². The third-order valence-electron chi connectivity index (χ3n) is 2.96. The Labute approximate surface area is 124 Å². The standard InChI is InChI=1S/C12H27N.C4H6O3/c1-2-3-4-5-6-7-8-9-10-11-12-13;1-3(5)2-4(6)7/h2-13H2,1H3;2H2,1H3,(H,6,7). The summed E-state index contributed by atoms with van der Waals surface area (Å²) >= 11 is 0. The highest BCUT2D eigenvalue weighted by atomic mass is 16.4. The molecule has 0 radical (unpaired) electrons. The molecular formula is C16H33NO3. The van der Waals surface area contributed by atoms with Gasteiger partial charge in [0.2, 0.25) is 0 Å². The van der Waals surface area contributed by atoms with E-state index in [2.05, 4.69) is 6.92 Å². The second-order valence-electron chi connectivity index (χ2n) is 5.24. The molecule has 120 valence electrons. The van der Waals surface area contributed by atoms with Crippen molar-refractivity contribution >= 4 is 11.8 Å². The van der Waals surface area contributed by atoms with Crippen molar-refractivity contribution in [3.63, 3.8) is 0 Å². The average molecular weight is 287 g/mol. The van der Waals surface area contributed by atoms with Gasteiger partial charge in [0, 0.05) is 0 Å². The number of Topliss-reactive ketones (excluding diaryl/α,β-unsaturated/α-hetero) is 1. The van der Waals surface area contributed by atoms with Crippen molar-refractivity contribution in [3.8, 4) is 0 Å². The minimum absolute atomic E-state index is 0.312. The van der Waals surface area contributed by atoms with Crippen LogP contribution in [-0.2, 0) is 9.59 Å². The van der Waals surface area contributed by atoms with E-state index in [-0.39, 0.29) is 12.2 Å². The predicted molar refractivity (Wildman–Crippen MR) is 83.8 cm³/mol. The number of carbonyl (C=O) groups excluding carboxylic acids is 1. The third kappa shape index (κ3) is 25.8. The molecule has 0 unspecified atom stereocenters. The lowest BCUT2D eigenvalue weighted by Gasteiger charge is -2.00. The summed E-state index contributed by atoms with van der Waals surface area (Å²) in [6.07, 6.45) is 13.6. The molecule has 0 saturated heterocycles. The molecule has 0 aromatic carbocycles. The Morgan fingerprint density at radius 1 is 0.850 bits per heavy atom. The number of rotatable bonds is 12. The summed E-state index contributed by atoms with van der Waals surface area (Å²) in [4.78, 5) is 19.5. The van der Waals surface area contributed by atoms with E-state index in [1.807, 2.05) is 0 Å². The van der Waals surface area contributed by atoms with Crippen molar-refractivity contribution in [2.45, 2.75) is 84.5 Å². The second-order valence-corrected chi connectivity index (χ2v) is 5.24. The van der Waals surface area contributed by atoms with Crippen LogP contribution in [0.15, 0.2) is 0 Å². The number of hydrogen-bond donors (Lipinski definition) is 2. The molecule has 0 amide bonds. The van der Waals surface area contributed by atoms with Crippen molar-refractivity contribution in [1.82, 2.24) is 0 Å². The van der Waals surface area contributed by atoms with Gasteiger partial charge in [-0.2, -0.15) is 0 Å². The van der Waals surface area contributed by atoms with E-state index in [0.717, 1.165) is 6.54 Å². The first kappa shape index (κ1) is 21.4. The third-order valence-corrected chi connectivity index (χ3v) is 2.96. The summed E-state index contributed by atoms with van der Waals surface area (Å²) in [5.41, 5.74) is 5.42. The second kappa shape index (κ2) is 18.1. The minimum Gasteiger partial charge on any atom is -0.481 e. The Balaban J connectivity index is 0. The van der Waals surface area contributed by atoms with Gasteiger partial charge in [0.1, 0.15) is 12.2 Å². The average Bonchev–Trinajstić information content (AvgIpc) is 2.36. The Hall–Kier alpha value is -0.900. The van der Waals surface area contributed by atoms with Crippen LogP contribution in [-0.4, -0.2) is 23.4 Å². The fourth-order valence-electron chi connectivity index (χ4n) is 1.84. The van der Waals surface area contributed by atoms with Crippen LogP contribution in [0.4, 0.5) is 0 Å². The molecule has 4 nitrogen and oxygen atoms in total. The number of hydrogen-bond acceptors (Lipinski definition) is 3. The lowest BCUT2D eigenvalue weighted by molar-refractivity contribution is -0.139. The molecule has 0 aromatic heterocycles. The molecule has 0 bridgehead atoms. The van der Waals surface area contributed by atoms with Crippen LogP contribution in [0.25, 0.3) is 0 Å². The Morgan fingerprint density at radius 3 is 1.50 bits per heavy atom. The molecule has 0 aliphatic rings. The Bertz CT molecular complexity index is 208.